The van der Waals surface area contributed by atoms with E-state index >= 15 is 0 Å². The third-order valence-corrected chi connectivity index (χ3v) is 3.29. The van der Waals surface area contributed by atoms with Gasteiger partial charge < -0.3 is 0 Å². The van der Waals surface area contributed by atoms with Crippen molar-refractivity contribution in [2.75, 3.05) is 0 Å². The summed E-state index contributed by atoms with van der Waals surface area (Å²) in [6.45, 7) is 8.84. The molecule has 1 aliphatic rings. The summed E-state index contributed by atoms with van der Waals surface area (Å²) >= 11 is 0. The van der Waals surface area contributed by atoms with Gasteiger partial charge in [-0.05, 0) is 17.3 Å². The van der Waals surface area contributed by atoms with E-state index in [-0.39, 0.29) is 5.41 Å². The van der Waals surface area contributed by atoms with Gasteiger partial charge in [-0.25, -0.2) is 0 Å². The summed E-state index contributed by atoms with van der Waals surface area (Å²) in [7, 11) is 0. The molecule has 0 bridgehead atoms. The summed E-state index contributed by atoms with van der Waals surface area (Å²) in [5.41, 5.74) is 0.231. The zero-order chi connectivity index (χ0) is 8.65. The van der Waals surface area contributed by atoms with Crippen molar-refractivity contribution >= 4 is 5.78 Å². The van der Waals surface area contributed by atoms with Crippen LogP contribution in [0.2, 0.25) is 0 Å². The Balaban J connectivity index is 2.75. The fourth-order valence-corrected chi connectivity index (χ4v) is 2.05. The molecule has 0 spiro atoms. The quantitative estimate of drug-likeness (QED) is 0.524. The van der Waals surface area contributed by atoms with Crippen LogP contribution in [0.15, 0.2) is 0 Å². The third-order valence-electron chi connectivity index (χ3n) is 3.29. The smallest absolute Gasteiger partial charge is 0.133 e. The maximum atomic E-state index is 11.2. The predicted octanol–water partition coefficient (Wildman–Crippen LogP) is 2.65. The van der Waals surface area contributed by atoms with Crippen LogP contribution in [0.5, 0.6) is 0 Å². The van der Waals surface area contributed by atoms with Gasteiger partial charge in [-0.2, -0.15) is 0 Å². The van der Waals surface area contributed by atoms with E-state index in [2.05, 4.69) is 27.7 Å². The summed E-state index contributed by atoms with van der Waals surface area (Å²) in [6.07, 6.45) is 1.57. The van der Waals surface area contributed by atoms with Gasteiger partial charge in [-0.15, -0.1) is 0 Å². The van der Waals surface area contributed by atoms with Crippen LogP contribution in [-0.4, -0.2) is 5.78 Å². The molecule has 1 aliphatic carbocycles. The summed E-state index contributed by atoms with van der Waals surface area (Å²) in [5, 5.41) is 0. The van der Waals surface area contributed by atoms with Gasteiger partial charge in [0.2, 0.25) is 0 Å². The molecule has 0 unspecified atom stereocenters. The molecule has 0 amide bonds. The van der Waals surface area contributed by atoms with Crippen LogP contribution in [0, 0.1) is 17.3 Å². The molecule has 2 atom stereocenters. The van der Waals surface area contributed by atoms with Crippen molar-refractivity contribution in [3.63, 3.8) is 0 Å². The Bertz CT molecular complexity index is 170. The normalized spacial score (nSPS) is 37.3. The van der Waals surface area contributed by atoms with Gasteiger partial charge in [0.25, 0.3) is 0 Å². The molecule has 0 saturated heterocycles. The van der Waals surface area contributed by atoms with Gasteiger partial charge in [-0.3, -0.25) is 4.79 Å². The van der Waals surface area contributed by atoms with Gasteiger partial charge in [0.1, 0.15) is 5.78 Å². The molecule has 1 rings (SSSR count). The largest absolute Gasteiger partial charge is 0.300 e. The molecule has 64 valence electrons. The second-order valence-corrected chi connectivity index (χ2v) is 4.67. The fraction of sp³-hybridized carbons (Fsp3) is 0.900. The molecule has 1 nitrogen and oxygen atoms in total. The van der Waals surface area contributed by atoms with Crippen molar-refractivity contribution < 1.29 is 4.79 Å². The van der Waals surface area contributed by atoms with Crippen LogP contribution in [0.25, 0.3) is 0 Å². The zero-order valence-electron chi connectivity index (χ0n) is 7.98. The molecule has 11 heavy (non-hydrogen) atoms. The van der Waals surface area contributed by atoms with Crippen LogP contribution < -0.4 is 0 Å². The van der Waals surface area contributed by atoms with Gasteiger partial charge >= 0.3 is 0 Å². The van der Waals surface area contributed by atoms with Crippen molar-refractivity contribution in [2.24, 2.45) is 17.3 Å². The molecule has 0 aromatic heterocycles. The minimum atomic E-state index is 0.231. The maximum Gasteiger partial charge on any atom is 0.133 e. The molecule has 1 fully saturated rings. The van der Waals surface area contributed by atoms with Gasteiger partial charge in [0.05, 0.1) is 0 Å². The average Bonchev–Trinajstić information content (AvgIpc) is 1.81. The lowest BCUT2D eigenvalue weighted by atomic mass is 9.65. The first-order valence-corrected chi connectivity index (χ1v) is 4.45. The Kier molecular flexibility index (Phi) is 2.08. The number of hydrogen-bond donors (Lipinski definition) is 0. The highest BCUT2D eigenvalue weighted by Gasteiger charge is 2.37. The van der Waals surface area contributed by atoms with E-state index in [0.29, 0.717) is 17.6 Å². The monoisotopic (exact) mass is 154 g/mol. The number of rotatable bonds is 0. The second kappa shape index (κ2) is 2.62. The van der Waals surface area contributed by atoms with Crippen LogP contribution in [0.4, 0.5) is 0 Å². The van der Waals surface area contributed by atoms with Crippen LogP contribution in [-0.2, 0) is 4.79 Å². The van der Waals surface area contributed by atoms with Gasteiger partial charge in [0.15, 0.2) is 0 Å². The molecule has 1 saturated carbocycles. The summed E-state index contributed by atoms with van der Waals surface area (Å²) in [4.78, 5) is 11.2. The number of carbonyl (C=O) groups is 1. The fourth-order valence-electron chi connectivity index (χ4n) is 2.05. The zero-order valence-corrected chi connectivity index (χ0v) is 7.98. The topological polar surface area (TPSA) is 17.1 Å². The van der Waals surface area contributed by atoms with Crippen LogP contribution >= 0.6 is 0 Å². The van der Waals surface area contributed by atoms with E-state index in [1.54, 1.807) is 0 Å². The maximum absolute atomic E-state index is 11.2. The second-order valence-electron chi connectivity index (χ2n) is 4.67. The third kappa shape index (κ3) is 1.63. The van der Waals surface area contributed by atoms with Crippen molar-refractivity contribution in [1.82, 2.24) is 0 Å². The van der Waals surface area contributed by atoms with Crippen LogP contribution in [0.1, 0.15) is 40.5 Å². The Hall–Kier alpha value is -0.330. The molecule has 0 N–H and O–H groups in total. The lowest BCUT2D eigenvalue weighted by molar-refractivity contribution is -0.126. The lowest BCUT2D eigenvalue weighted by Crippen LogP contribution is -2.35. The first kappa shape index (κ1) is 8.76. The van der Waals surface area contributed by atoms with E-state index in [1.165, 1.54) is 0 Å². The molecular weight excluding hydrogens is 136 g/mol. The van der Waals surface area contributed by atoms with Gasteiger partial charge in [-0.1, -0.05) is 27.7 Å². The number of Topliss-reactive ketones (excluding diaryl/α,β-unsaturated/α-hetero) is 1. The Morgan fingerprint density at radius 3 is 2.36 bits per heavy atom. The Labute approximate surface area is 69.2 Å². The molecule has 0 heterocycles. The number of carbonyl (C=O) groups excluding carboxylic acids is 1. The lowest BCUT2D eigenvalue weighted by Gasteiger charge is -2.39. The molecule has 0 aromatic carbocycles. The minimum absolute atomic E-state index is 0.231. The number of hydrogen-bond acceptors (Lipinski definition) is 1. The van der Waals surface area contributed by atoms with Crippen molar-refractivity contribution in [3.8, 4) is 0 Å². The standard InChI is InChI=1S/C10H18O/c1-7-5-9(11)6-10(3,4)8(7)2/h7-8H,5-6H2,1-4H3/t7-,8-/m1/s1. The molecular formula is C10H18O. The molecule has 0 aromatic rings. The highest BCUT2D eigenvalue weighted by atomic mass is 16.1. The Morgan fingerprint density at radius 1 is 1.36 bits per heavy atom. The Morgan fingerprint density at radius 2 is 1.91 bits per heavy atom. The highest BCUT2D eigenvalue weighted by Crippen LogP contribution is 2.41. The first-order valence-electron chi connectivity index (χ1n) is 4.45. The average molecular weight is 154 g/mol. The number of ketones is 1. The summed E-state index contributed by atoms with van der Waals surface area (Å²) in [6, 6.07) is 0. The SMILES string of the molecule is C[C@@H]1CC(=O)CC(C)(C)[C@@H]1C. The van der Waals surface area contributed by atoms with E-state index in [0.717, 1.165) is 12.8 Å². The minimum Gasteiger partial charge on any atom is -0.300 e. The predicted molar refractivity (Wildman–Crippen MR) is 46.4 cm³/mol. The summed E-state index contributed by atoms with van der Waals surface area (Å²) in [5.74, 6) is 1.70. The van der Waals surface area contributed by atoms with E-state index in [4.69, 9.17) is 0 Å². The van der Waals surface area contributed by atoms with Crippen molar-refractivity contribution in [3.05, 3.63) is 0 Å². The summed E-state index contributed by atoms with van der Waals surface area (Å²) < 4.78 is 0. The van der Waals surface area contributed by atoms with Crippen LogP contribution in [0.3, 0.4) is 0 Å². The van der Waals surface area contributed by atoms with Crippen molar-refractivity contribution in [1.29, 1.82) is 0 Å². The molecule has 0 radical (unpaired) electrons. The highest BCUT2D eigenvalue weighted by molar-refractivity contribution is 5.80. The molecule has 1 heteroatoms. The molecule has 0 aliphatic heterocycles. The first-order chi connectivity index (χ1) is 4.93. The van der Waals surface area contributed by atoms with E-state index in [9.17, 15) is 4.79 Å². The van der Waals surface area contributed by atoms with E-state index in [1.807, 2.05) is 0 Å². The van der Waals surface area contributed by atoms with Gasteiger partial charge in [0, 0.05) is 12.8 Å². The van der Waals surface area contributed by atoms with Crippen molar-refractivity contribution in [2.45, 2.75) is 40.5 Å². The van der Waals surface area contributed by atoms with E-state index < -0.39 is 0 Å².